The summed E-state index contributed by atoms with van der Waals surface area (Å²) in [6, 6.07) is 4.55. The lowest BCUT2D eigenvalue weighted by molar-refractivity contribution is 0.0704. The SMILES string of the molecule is COc1ccc(C(=O)N2CCN[C@@H](C)C2)c(F)c1.Cl. The fourth-order valence-electron chi connectivity index (χ4n) is 2.08. The molecule has 19 heavy (non-hydrogen) atoms. The van der Waals surface area contributed by atoms with E-state index in [1.54, 1.807) is 11.0 Å². The summed E-state index contributed by atoms with van der Waals surface area (Å²) in [4.78, 5) is 13.9. The van der Waals surface area contributed by atoms with Crippen LogP contribution in [0.1, 0.15) is 17.3 Å². The number of amides is 1. The Morgan fingerprint density at radius 1 is 1.53 bits per heavy atom. The lowest BCUT2D eigenvalue weighted by Crippen LogP contribution is -2.51. The van der Waals surface area contributed by atoms with E-state index in [1.807, 2.05) is 6.92 Å². The molecule has 1 amide bonds. The van der Waals surface area contributed by atoms with Gasteiger partial charge in [0.1, 0.15) is 11.6 Å². The molecule has 0 unspecified atom stereocenters. The van der Waals surface area contributed by atoms with Gasteiger partial charge in [0.2, 0.25) is 0 Å². The van der Waals surface area contributed by atoms with Crippen LogP contribution in [0.15, 0.2) is 18.2 Å². The Kier molecular flexibility index (Phi) is 5.57. The minimum atomic E-state index is -0.537. The van der Waals surface area contributed by atoms with Gasteiger partial charge >= 0.3 is 0 Å². The highest BCUT2D eigenvalue weighted by Crippen LogP contribution is 2.18. The van der Waals surface area contributed by atoms with Crippen molar-refractivity contribution in [2.75, 3.05) is 26.7 Å². The number of benzene rings is 1. The van der Waals surface area contributed by atoms with Crippen molar-refractivity contribution < 1.29 is 13.9 Å². The highest BCUT2D eigenvalue weighted by Gasteiger charge is 2.23. The van der Waals surface area contributed by atoms with E-state index in [4.69, 9.17) is 4.74 Å². The van der Waals surface area contributed by atoms with Gasteiger partial charge in [-0.1, -0.05) is 0 Å². The number of halogens is 2. The van der Waals surface area contributed by atoms with Crippen LogP contribution in [0, 0.1) is 5.82 Å². The number of piperazine rings is 1. The summed E-state index contributed by atoms with van der Waals surface area (Å²) >= 11 is 0. The van der Waals surface area contributed by atoms with Crippen LogP contribution in [0.4, 0.5) is 4.39 Å². The third kappa shape index (κ3) is 3.58. The molecule has 0 aromatic heterocycles. The zero-order valence-electron chi connectivity index (χ0n) is 11.0. The molecule has 0 bridgehead atoms. The van der Waals surface area contributed by atoms with Gasteiger partial charge in [-0.2, -0.15) is 0 Å². The van der Waals surface area contributed by atoms with Crippen molar-refractivity contribution in [3.05, 3.63) is 29.6 Å². The fourth-order valence-corrected chi connectivity index (χ4v) is 2.08. The number of nitrogens with zero attached hydrogens (tertiary/aromatic N) is 1. The molecule has 4 nitrogen and oxygen atoms in total. The average Bonchev–Trinajstić information content (AvgIpc) is 2.37. The Balaban J connectivity index is 0.00000180. The van der Waals surface area contributed by atoms with Crippen molar-refractivity contribution in [1.29, 1.82) is 0 Å². The van der Waals surface area contributed by atoms with E-state index >= 15 is 0 Å². The standard InChI is InChI=1S/C13H17FN2O2.ClH/c1-9-8-16(6-5-15-9)13(17)11-4-3-10(18-2)7-12(11)14;/h3-4,7,9,15H,5-6,8H2,1-2H3;1H/t9-;/m0./s1. The molecular formula is C13H18ClFN2O2. The second-order valence-corrected chi connectivity index (χ2v) is 4.45. The first kappa shape index (κ1) is 15.7. The first-order valence-electron chi connectivity index (χ1n) is 5.98. The maximum Gasteiger partial charge on any atom is 0.256 e. The van der Waals surface area contributed by atoms with Crippen LogP contribution in [-0.2, 0) is 0 Å². The van der Waals surface area contributed by atoms with Crippen LogP contribution in [0.25, 0.3) is 0 Å². The van der Waals surface area contributed by atoms with E-state index in [9.17, 15) is 9.18 Å². The largest absolute Gasteiger partial charge is 0.497 e. The van der Waals surface area contributed by atoms with Gasteiger partial charge in [-0.3, -0.25) is 4.79 Å². The van der Waals surface area contributed by atoms with Crippen LogP contribution >= 0.6 is 12.4 Å². The zero-order chi connectivity index (χ0) is 13.1. The number of nitrogens with one attached hydrogen (secondary N) is 1. The van der Waals surface area contributed by atoms with Gasteiger partial charge in [0.25, 0.3) is 5.91 Å². The van der Waals surface area contributed by atoms with Gasteiger partial charge in [0.05, 0.1) is 12.7 Å². The molecule has 1 aliphatic heterocycles. The van der Waals surface area contributed by atoms with Crippen molar-refractivity contribution in [3.63, 3.8) is 0 Å². The van der Waals surface area contributed by atoms with Gasteiger partial charge in [-0.05, 0) is 19.1 Å². The zero-order valence-corrected chi connectivity index (χ0v) is 11.8. The molecule has 1 aromatic carbocycles. The van der Waals surface area contributed by atoms with Crippen molar-refractivity contribution in [3.8, 4) is 5.75 Å². The van der Waals surface area contributed by atoms with Gasteiger partial charge in [0, 0.05) is 31.7 Å². The van der Waals surface area contributed by atoms with Gasteiger partial charge in [-0.15, -0.1) is 12.4 Å². The van der Waals surface area contributed by atoms with E-state index in [0.717, 1.165) is 6.54 Å². The summed E-state index contributed by atoms with van der Waals surface area (Å²) in [5, 5.41) is 3.24. The number of carbonyl (C=O) groups is 1. The third-order valence-electron chi connectivity index (χ3n) is 3.06. The number of rotatable bonds is 2. The molecule has 0 saturated carbocycles. The van der Waals surface area contributed by atoms with E-state index < -0.39 is 5.82 Å². The Morgan fingerprint density at radius 3 is 2.84 bits per heavy atom. The summed E-state index contributed by atoms with van der Waals surface area (Å²) in [5.41, 5.74) is 0.102. The third-order valence-corrected chi connectivity index (χ3v) is 3.06. The fraction of sp³-hybridized carbons (Fsp3) is 0.462. The highest BCUT2D eigenvalue weighted by atomic mass is 35.5. The van der Waals surface area contributed by atoms with Crippen molar-refractivity contribution in [2.24, 2.45) is 0 Å². The van der Waals surface area contributed by atoms with Gasteiger partial charge < -0.3 is 15.0 Å². The lowest BCUT2D eigenvalue weighted by Gasteiger charge is -2.32. The summed E-state index contributed by atoms with van der Waals surface area (Å²) in [6.45, 7) is 3.95. The molecule has 1 N–H and O–H groups in total. The molecule has 0 aliphatic carbocycles. The topological polar surface area (TPSA) is 41.6 Å². The van der Waals surface area contributed by atoms with E-state index in [-0.39, 0.29) is 29.9 Å². The maximum absolute atomic E-state index is 13.8. The van der Waals surface area contributed by atoms with E-state index in [2.05, 4.69) is 5.32 Å². The summed E-state index contributed by atoms with van der Waals surface area (Å²) in [6.07, 6.45) is 0. The Morgan fingerprint density at radius 2 is 2.26 bits per heavy atom. The molecule has 106 valence electrons. The quantitative estimate of drug-likeness (QED) is 0.900. The first-order valence-corrected chi connectivity index (χ1v) is 5.98. The maximum atomic E-state index is 13.8. The summed E-state index contributed by atoms with van der Waals surface area (Å²) in [5.74, 6) is -0.383. The van der Waals surface area contributed by atoms with Gasteiger partial charge in [0.15, 0.2) is 0 Å². The molecule has 1 aliphatic rings. The Labute approximate surface area is 118 Å². The molecule has 1 atom stereocenters. The van der Waals surface area contributed by atoms with E-state index in [0.29, 0.717) is 18.8 Å². The monoisotopic (exact) mass is 288 g/mol. The van der Waals surface area contributed by atoms with Crippen molar-refractivity contribution in [2.45, 2.75) is 13.0 Å². The van der Waals surface area contributed by atoms with E-state index in [1.165, 1.54) is 19.2 Å². The molecule has 2 rings (SSSR count). The van der Waals surface area contributed by atoms with Crippen LogP contribution < -0.4 is 10.1 Å². The van der Waals surface area contributed by atoms with Crippen molar-refractivity contribution >= 4 is 18.3 Å². The van der Waals surface area contributed by atoms with Crippen molar-refractivity contribution in [1.82, 2.24) is 10.2 Å². The van der Waals surface area contributed by atoms with Crippen LogP contribution in [0.3, 0.4) is 0 Å². The molecule has 0 radical (unpaired) electrons. The molecule has 6 heteroatoms. The molecular weight excluding hydrogens is 271 g/mol. The smallest absolute Gasteiger partial charge is 0.256 e. The molecule has 1 fully saturated rings. The molecule has 1 saturated heterocycles. The molecule has 1 aromatic rings. The Hall–Kier alpha value is -1.33. The molecule has 1 heterocycles. The second kappa shape index (κ2) is 6.73. The number of hydrogen-bond donors (Lipinski definition) is 1. The minimum Gasteiger partial charge on any atom is -0.497 e. The van der Waals surface area contributed by atoms with Crippen LogP contribution in [-0.4, -0.2) is 43.6 Å². The highest BCUT2D eigenvalue weighted by molar-refractivity contribution is 5.94. The number of methoxy groups -OCH3 is 1. The van der Waals surface area contributed by atoms with Crippen LogP contribution in [0.2, 0.25) is 0 Å². The number of hydrogen-bond acceptors (Lipinski definition) is 3. The Bertz CT molecular complexity index is 456. The minimum absolute atomic E-state index is 0. The second-order valence-electron chi connectivity index (χ2n) is 4.45. The summed E-state index contributed by atoms with van der Waals surface area (Å²) in [7, 11) is 1.47. The van der Waals surface area contributed by atoms with Gasteiger partial charge in [-0.25, -0.2) is 4.39 Å². The lowest BCUT2D eigenvalue weighted by atomic mass is 10.1. The predicted octanol–water partition coefficient (Wildman–Crippen LogP) is 1.69. The normalized spacial score (nSPS) is 18.7. The average molecular weight is 289 g/mol. The summed E-state index contributed by atoms with van der Waals surface area (Å²) < 4.78 is 18.7. The van der Waals surface area contributed by atoms with Crippen LogP contribution in [0.5, 0.6) is 5.75 Å². The number of ether oxygens (including phenoxy) is 1. The molecule has 0 spiro atoms. The first-order chi connectivity index (χ1) is 8.61. The predicted molar refractivity (Wildman–Crippen MR) is 73.6 cm³/mol. The number of carbonyl (C=O) groups excluding carboxylic acids is 1.